The number of ether oxygens (including phenoxy) is 1. The highest BCUT2D eigenvalue weighted by atomic mass is 16.5. The van der Waals surface area contributed by atoms with Crippen molar-refractivity contribution in [2.45, 2.75) is 6.04 Å². The molecule has 0 radical (unpaired) electrons. The monoisotopic (exact) mass is 388 g/mol. The number of rotatable bonds is 7. The van der Waals surface area contributed by atoms with Crippen molar-refractivity contribution >= 4 is 17.9 Å². The maximum absolute atomic E-state index is 12.7. The van der Waals surface area contributed by atoms with E-state index in [-0.39, 0.29) is 18.7 Å². The van der Waals surface area contributed by atoms with Gasteiger partial charge in [-0.3, -0.25) is 9.69 Å². The summed E-state index contributed by atoms with van der Waals surface area (Å²) < 4.78 is 4.91. The van der Waals surface area contributed by atoms with Crippen LogP contribution in [0.1, 0.15) is 22.0 Å². The summed E-state index contributed by atoms with van der Waals surface area (Å²) in [6.07, 6.45) is 0. The number of aromatic hydroxyl groups is 2. The van der Waals surface area contributed by atoms with Crippen molar-refractivity contribution in [1.82, 2.24) is 10.2 Å². The van der Waals surface area contributed by atoms with Crippen LogP contribution >= 0.6 is 0 Å². The number of urea groups is 1. The van der Waals surface area contributed by atoms with E-state index < -0.39 is 35.4 Å². The number of phenolic OH excluding ortho intramolecular Hbond substituents is 2. The Kier molecular flexibility index (Phi) is 6.94. The summed E-state index contributed by atoms with van der Waals surface area (Å²) in [4.78, 5) is 37.7. The molecule has 2 rings (SSSR count). The van der Waals surface area contributed by atoms with Crippen LogP contribution in [0.3, 0.4) is 0 Å². The summed E-state index contributed by atoms with van der Waals surface area (Å²) in [6, 6.07) is 9.10. The van der Waals surface area contributed by atoms with Gasteiger partial charge in [-0.15, -0.1) is 0 Å². The van der Waals surface area contributed by atoms with E-state index in [2.05, 4.69) is 5.32 Å². The molecule has 2 aromatic rings. The van der Waals surface area contributed by atoms with E-state index in [1.165, 1.54) is 13.2 Å². The maximum atomic E-state index is 12.7. The molecule has 2 aromatic carbocycles. The first-order valence-corrected chi connectivity index (χ1v) is 8.26. The van der Waals surface area contributed by atoms with Crippen molar-refractivity contribution in [3.05, 3.63) is 59.7 Å². The fourth-order valence-electron chi connectivity index (χ4n) is 2.42. The van der Waals surface area contributed by atoms with Crippen LogP contribution in [-0.4, -0.2) is 58.4 Å². The number of aliphatic carboxylic acids is 1. The van der Waals surface area contributed by atoms with E-state index in [0.717, 1.165) is 17.0 Å². The number of carbonyl (C=O) groups excluding carboxylic acids is 2. The molecule has 0 heterocycles. The number of amides is 3. The van der Waals surface area contributed by atoms with Crippen molar-refractivity contribution < 1.29 is 34.4 Å². The van der Waals surface area contributed by atoms with Gasteiger partial charge in [-0.2, -0.15) is 0 Å². The Labute approximate surface area is 160 Å². The predicted octanol–water partition coefficient (Wildman–Crippen LogP) is 1.72. The van der Waals surface area contributed by atoms with Crippen molar-refractivity contribution in [2.24, 2.45) is 0 Å². The van der Waals surface area contributed by atoms with E-state index in [1.807, 2.05) is 0 Å². The SMILES string of the molecule is COCCN(C(=O)NC(C(=O)O)c1ccccc1)C(=O)c1ccc(O)c(O)c1. The Hall–Kier alpha value is -3.59. The number of nitrogens with one attached hydrogen (secondary N) is 1. The van der Waals surface area contributed by atoms with Crippen LogP contribution in [0.5, 0.6) is 11.5 Å². The number of phenols is 2. The third kappa shape index (κ3) is 4.98. The summed E-state index contributed by atoms with van der Waals surface area (Å²) in [5.41, 5.74) is 0.276. The number of hydrogen-bond donors (Lipinski definition) is 4. The maximum Gasteiger partial charge on any atom is 0.330 e. The van der Waals surface area contributed by atoms with Crippen molar-refractivity contribution in [2.75, 3.05) is 20.3 Å². The molecule has 0 aliphatic carbocycles. The van der Waals surface area contributed by atoms with Gasteiger partial charge in [0.2, 0.25) is 0 Å². The summed E-state index contributed by atoms with van der Waals surface area (Å²) in [7, 11) is 1.39. The Morgan fingerprint density at radius 2 is 1.75 bits per heavy atom. The summed E-state index contributed by atoms with van der Waals surface area (Å²) in [5, 5.41) is 30.7. The Bertz CT molecular complexity index is 855. The number of carboxylic acids is 1. The topological polar surface area (TPSA) is 136 Å². The zero-order valence-electron chi connectivity index (χ0n) is 15.0. The number of imide groups is 1. The van der Waals surface area contributed by atoms with E-state index in [9.17, 15) is 29.7 Å². The van der Waals surface area contributed by atoms with E-state index in [4.69, 9.17) is 4.74 Å². The van der Waals surface area contributed by atoms with E-state index in [0.29, 0.717) is 5.56 Å². The van der Waals surface area contributed by atoms with E-state index >= 15 is 0 Å². The quantitative estimate of drug-likeness (QED) is 0.530. The van der Waals surface area contributed by atoms with Gasteiger partial charge in [-0.1, -0.05) is 30.3 Å². The summed E-state index contributed by atoms with van der Waals surface area (Å²) >= 11 is 0. The van der Waals surface area contributed by atoms with Gasteiger partial charge in [0.1, 0.15) is 0 Å². The highest BCUT2D eigenvalue weighted by Gasteiger charge is 2.28. The van der Waals surface area contributed by atoms with Gasteiger partial charge >= 0.3 is 12.0 Å². The minimum atomic E-state index is -1.36. The lowest BCUT2D eigenvalue weighted by atomic mass is 10.1. The van der Waals surface area contributed by atoms with Gasteiger partial charge in [0.15, 0.2) is 17.5 Å². The third-order valence-electron chi connectivity index (χ3n) is 3.88. The fourth-order valence-corrected chi connectivity index (χ4v) is 2.42. The lowest BCUT2D eigenvalue weighted by molar-refractivity contribution is -0.139. The molecule has 0 aromatic heterocycles. The average molecular weight is 388 g/mol. The molecule has 0 saturated carbocycles. The zero-order valence-corrected chi connectivity index (χ0v) is 15.0. The fraction of sp³-hybridized carbons (Fsp3) is 0.211. The minimum Gasteiger partial charge on any atom is -0.504 e. The molecular weight excluding hydrogens is 368 g/mol. The van der Waals surface area contributed by atoms with Crippen LogP contribution in [0.25, 0.3) is 0 Å². The molecule has 9 heteroatoms. The Balaban J connectivity index is 2.27. The van der Waals surface area contributed by atoms with Gasteiger partial charge in [-0.05, 0) is 23.8 Å². The molecule has 0 fully saturated rings. The molecule has 9 nitrogen and oxygen atoms in total. The number of carboxylic acid groups (broad SMARTS) is 1. The van der Waals surface area contributed by atoms with E-state index in [1.54, 1.807) is 30.3 Å². The predicted molar refractivity (Wildman–Crippen MR) is 98.0 cm³/mol. The van der Waals surface area contributed by atoms with Crippen molar-refractivity contribution in [3.63, 3.8) is 0 Å². The second-order valence-corrected chi connectivity index (χ2v) is 5.78. The van der Waals surface area contributed by atoms with Crippen LogP contribution in [0.2, 0.25) is 0 Å². The molecule has 0 aliphatic rings. The normalized spacial score (nSPS) is 11.5. The second-order valence-electron chi connectivity index (χ2n) is 5.78. The molecule has 0 bridgehead atoms. The van der Waals surface area contributed by atoms with Crippen LogP contribution in [0.4, 0.5) is 4.79 Å². The van der Waals surface area contributed by atoms with Crippen LogP contribution < -0.4 is 5.32 Å². The summed E-state index contributed by atoms with van der Waals surface area (Å²) in [5.74, 6) is -3.02. The molecule has 0 aliphatic heterocycles. The van der Waals surface area contributed by atoms with Gasteiger partial charge in [-0.25, -0.2) is 9.59 Å². The second kappa shape index (κ2) is 9.38. The number of methoxy groups -OCH3 is 1. The molecule has 0 saturated heterocycles. The first-order chi connectivity index (χ1) is 13.3. The van der Waals surface area contributed by atoms with Gasteiger partial charge in [0.25, 0.3) is 5.91 Å². The number of carbonyl (C=O) groups is 3. The molecule has 1 atom stereocenters. The molecule has 1 unspecified atom stereocenters. The first kappa shape index (κ1) is 20.7. The van der Waals surface area contributed by atoms with Gasteiger partial charge in [0.05, 0.1) is 13.2 Å². The highest BCUT2D eigenvalue weighted by molar-refractivity contribution is 6.05. The lowest BCUT2D eigenvalue weighted by Crippen LogP contribution is -2.47. The van der Waals surface area contributed by atoms with Gasteiger partial charge in [0, 0.05) is 12.7 Å². The van der Waals surface area contributed by atoms with Crippen molar-refractivity contribution in [3.8, 4) is 11.5 Å². The largest absolute Gasteiger partial charge is 0.504 e. The molecule has 3 amide bonds. The molecule has 0 spiro atoms. The Morgan fingerprint density at radius 1 is 1.07 bits per heavy atom. The molecule has 4 N–H and O–H groups in total. The highest BCUT2D eigenvalue weighted by Crippen LogP contribution is 2.25. The number of benzene rings is 2. The van der Waals surface area contributed by atoms with Crippen LogP contribution in [0, 0.1) is 0 Å². The van der Waals surface area contributed by atoms with Gasteiger partial charge < -0.3 is 25.4 Å². The van der Waals surface area contributed by atoms with Crippen LogP contribution in [0.15, 0.2) is 48.5 Å². The average Bonchev–Trinajstić information content (AvgIpc) is 2.68. The summed E-state index contributed by atoms with van der Waals surface area (Å²) in [6.45, 7) is -0.129. The number of nitrogens with zero attached hydrogens (tertiary/aromatic N) is 1. The molecule has 28 heavy (non-hydrogen) atoms. The van der Waals surface area contributed by atoms with Crippen LogP contribution in [-0.2, 0) is 9.53 Å². The zero-order chi connectivity index (χ0) is 20.7. The Morgan fingerprint density at radius 3 is 2.32 bits per heavy atom. The lowest BCUT2D eigenvalue weighted by Gasteiger charge is -2.24. The minimum absolute atomic E-state index is 0.0201. The molecule has 148 valence electrons. The first-order valence-electron chi connectivity index (χ1n) is 8.26. The third-order valence-corrected chi connectivity index (χ3v) is 3.88. The molecular formula is C19H20N2O7. The van der Waals surface area contributed by atoms with Crippen molar-refractivity contribution in [1.29, 1.82) is 0 Å². The standard InChI is InChI=1S/C19H20N2O7/c1-28-10-9-21(17(24)13-7-8-14(22)15(23)11-13)19(27)20-16(18(25)26)12-5-3-2-4-6-12/h2-8,11,16,22-23H,9-10H2,1H3,(H,20,27)(H,25,26). The smallest absolute Gasteiger partial charge is 0.330 e. The number of hydrogen-bond acceptors (Lipinski definition) is 6.